The van der Waals surface area contributed by atoms with Crippen molar-refractivity contribution < 1.29 is 5.11 Å². The summed E-state index contributed by atoms with van der Waals surface area (Å²) >= 11 is 0. The van der Waals surface area contributed by atoms with Gasteiger partial charge in [-0.05, 0) is 62.8 Å². The zero-order valence-corrected chi connectivity index (χ0v) is 15.0. The molecule has 3 nitrogen and oxygen atoms in total. The van der Waals surface area contributed by atoms with E-state index in [2.05, 4.69) is 10.2 Å². The van der Waals surface area contributed by atoms with E-state index in [1.165, 1.54) is 90.4 Å². The Morgan fingerprint density at radius 2 is 1.52 bits per heavy atom. The van der Waals surface area contributed by atoms with E-state index in [0.717, 1.165) is 18.3 Å². The van der Waals surface area contributed by atoms with Gasteiger partial charge in [-0.15, -0.1) is 0 Å². The molecule has 1 heterocycles. The standard InChI is InChI=1S/C20H38N2O/c23-11-10-19-12-20(21-13-17-6-2-1-3-7-17)16-22(15-19)14-18-8-4-5-9-18/h17-21,23H,1-16H2. The molecular formula is C20H38N2O. The molecule has 0 aromatic rings. The van der Waals surface area contributed by atoms with Crippen molar-refractivity contribution in [1.29, 1.82) is 0 Å². The lowest BCUT2D eigenvalue weighted by Crippen LogP contribution is -2.51. The van der Waals surface area contributed by atoms with Gasteiger partial charge in [0.25, 0.3) is 0 Å². The fraction of sp³-hybridized carbons (Fsp3) is 1.00. The lowest BCUT2D eigenvalue weighted by molar-refractivity contribution is 0.104. The van der Waals surface area contributed by atoms with Gasteiger partial charge in [0.1, 0.15) is 0 Å². The Morgan fingerprint density at radius 3 is 2.26 bits per heavy atom. The predicted molar refractivity (Wildman–Crippen MR) is 96.6 cm³/mol. The minimum atomic E-state index is 0.358. The van der Waals surface area contributed by atoms with Crippen LogP contribution in [0.15, 0.2) is 0 Å². The Hall–Kier alpha value is -0.120. The molecule has 1 saturated heterocycles. The molecule has 3 aliphatic rings. The summed E-state index contributed by atoms with van der Waals surface area (Å²) in [7, 11) is 0. The third kappa shape index (κ3) is 5.72. The summed E-state index contributed by atoms with van der Waals surface area (Å²) in [6.07, 6.45) is 15.3. The van der Waals surface area contributed by atoms with Crippen LogP contribution < -0.4 is 5.32 Å². The van der Waals surface area contributed by atoms with Gasteiger partial charge in [0.15, 0.2) is 0 Å². The Morgan fingerprint density at radius 1 is 0.826 bits per heavy atom. The van der Waals surface area contributed by atoms with Gasteiger partial charge in [0, 0.05) is 32.3 Å². The normalized spacial score (nSPS) is 31.7. The molecule has 23 heavy (non-hydrogen) atoms. The van der Waals surface area contributed by atoms with Crippen LogP contribution in [0.4, 0.5) is 0 Å². The van der Waals surface area contributed by atoms with Gasteiger partial charge in [-0.2, -0.15) is 0 Å². The second-order valence-electron chi connectivity index (χ2n) is 8.59. The summed E-state index contributed by atoms with van der Waals surface area (Å²) < 4.78 is 0. The Bertz CT molecular complexity index is 324. The van der Waals surface area contributed by atoms with Gasteiger partial charge in [-0.1, -0.05) is 32.1 Å². The van der Waals surface area contributed by atoms with E-state index in [4.69, 9.17) is 0 Å². The van der Waals surface area contributed by atoms with Crippen LogP contribution in [-0.4, -0.2) is 48.8 Å². The summed E-state index contributed by atoms with van der Waals surface area (Å²) in [4.78, 5) is 2.72. The molecule has 2 N–H and O–H groups in total. The van der Waals surface area contributed by atoms with E-state index in [9.17, 15) is 5.11 Å². The topological polar surface area (TPSA) is 35.5 Å². The van der Waals surface area contributed by atoms with Crippen molar-refractivity contribution in [2.75, 3.05) is 32.8 Å². The number of hydrogen-bond acceptors (Lipinski definition) is 3. The van der Waals surface area contributed by atoms with Crippen LogP contribution in [0, 0.1) is 17.8 Å². The molecule has 0 aromatic heterocycles. The van der Waals surface area contributed by atoms with E-state index in [0.29, 0.717) is 18.6 Å². The fourth-order valence-electron chi connectivity index (χ4n) is 5.27. The lowest BCUT2D eigenvalue weighted by Gasteiger charge is -2.40. The average molecular weight is 323 g/mol. The lowest BCUT2D eigenvalue weighted by atomic mass is 9.87. The maximum atomic E-state index is 9.37. The zero-order valence-electron chi connectivity index (χ0n) is 15.0. The third-order valence-corrected chi connectivity index (χ3v) is 6.56. The van der Waals surface area contributed by atoms with Crippen molar-refractivity contribution in [2.24, 2.45) is 17.8 Å². The number of hydrogen-bond donors (Lipinski definition) is 2. The van der Waals surface area contributed by atoms with E-state index < -0.39 is 0 Å². The molecule has 1 aliphatic heterocycles. The first kappa shape index (κ1) is 17.7. The average Bonchev–Trinajstić information content (AvgIpc) is 3.07. The number of aliphatic hydroxyl groups is 1. The molecule has 0 bridgehead atoms. The van der Waals surface area contributed by atoms with Crippen molar-refractivity contribution in [3.05, 3.63) is 0 Å². The first-order valence-electron chi connectivity index (χ1n) is 10.4. The van der Waals surface area contributed by atoms with E-state index in [1.54, 1.807) is 0 Å². The maximum absolute atomic E-state index is 9.37. The minimum Gasteiger partial charge on any atom is -0.396 e. The molecule has 3 rings (SSSR count). The highest BCUT2D eigenvalue weighted by Crippen LogP contribution is 2.28. The molecule has 2 aliphatic carbocycles. The van der Waals surface area contributed by atoms with Crippen LogP contribution in [0.2, 0.25) is 0 Å². The van der Waals surface area contributed by atoms with Crippen LogP contribution in [0.25, 0.3) is 0 Å². The summed E-state index contributed by atoms with van der Waals surface area (Å²) in [5.41, 5.74) is 0. The quantitative estimate of drug-likeness (QED) is 0.754. The van der Waals surface area contributed by atoms with Gasteiger partial charge in [0.05, 0.1) is 0 Å². The molecule has 2 saturated carbocycles. The number of rotatable bonds is 7. The van der Waals surface area contributed by atoms with E-state index in [1.807, 2.05) is 0 Å². The summed E-state index contributed by atoms with van der Waals surface area (Å²) in [5, 5.41) is 13.3. The highest BCUT2D eigenvalue weighted by atomic mass is 16.3. The molecule has 2 unspecified atom stereocenters. The molecular weight excluding hydrogens is 284 g/mol. The summed E-state index contributed by atoms with van der Waals surface area (Å²) in [6.45, 7) is 5.36. The fourth-order valence-corrected chi connectivity index (χ4v) is 5.27. The third-order valence-electron chi connectivity index (χ3n) is 6.56. The maximum Gasteiger partial charge on any atom is 0.0434 e. The first-order valence-corrected chi connectivity index (χ1v) is 10.4. The van der Waals surface area contributed by atoms with Gasteiger partial charge in [0.2, 0.25) is 0 Å². The SMILES string of the molecule is OCCC1CC(NCC2CCCCC2)CN(CC2CCCC2)C1. The molecule has 3 fully saturated rings. The van der Waals surface area contributed by atoms with Crippen molar-refractivity contribution in [3.8, 4) is 0 Å². The van der Waals surface area contributed by atoms with Crippen LogP contribution >= 0.6 is 0 Å². The first-order chi connectivity index (χ1) is 11.3. The molecule has 2 atom stereocenters. The second-order valence-corrected chi connectivity index (χ2v) is 8.59. The number of piperidine rings is 1. The van der Waals surface area contributed by atoms with Crippen molar-refractivity contribution >= 4 is 0 Å². The highest BCUT2D eigenvalue weighted by molar-refractivity contribution is 4.86. The molecule has 3 heteroatoms. The van der Waals surface area contributed by atoms with Crippen LogP contribution in [0.5, 0.6) is 0 Å². The molecule has 134 valence electrons. The number of likely N-dealkylation sites (tertiary alicyclic amines) is 1. The molecule has 0 radical (unpaired) electrons. The van der Waals surface area contributed by atoms with Crippen molar-refractivity contribution in [1.82, 2.24) is 10.2 Å². The number of nitrogens with one attached hydrogen (secondary N) is 1. The van der Waals surface area contributed by atoms with Crippen LogP contribution in [0.3, 0.4) is 0 Å². The van der Waals surface area contributed by atoms with Crippen molar-refractivity contribution in [3.63, 3.8) is 0 Å². The Balaban J connectivity index is 1.46. The highest BCUT2D eigenvalue weighted by Gasteiger charge is 2.29. The Labute approximate surface area is 143 Å². The number of nitrogens with zero attached hydrogens (tertiary/aromatic N) is 1. The molecule has 0 amide bonds. The minimum absolute atomic E-state index is 0.358. The van der Waals surface area contributed by atoms with Crippen LogP contribution in [0.1, 0.15) is 70.6 Å². The largest absolute Gasteiger partial charge is 0.396 e. The van der Waals surface area contributed by atoms with Gasteiger partial charge < -0.3 is 15.3 Å². The smallest absolute Gasteiger partial charge is 0.0434 e. The van der Waals surface area contributed by atoms with E-state index in [-0.39, 0.29) is 0 Å². The summed E-state index contributed by atoms with van der Waals surface area (Å²) in [6, 6.07) is 0.656. The van der Waals surface area contributed by atoms with Crippen molar-refractivity contribution in [2.45, 2.75) is 76.7 Å². The predicted octanol–water partition coefficient (Wildman–Crippen LogP) is 3.42. The summed E-state index contributed by atoms with van der Waals surface area (Å²) in [5.74, 6) is 2.56. The second kappa shape index (κ2) is 9.39. The van der Waals surface area contributed by atoms with Gasteiger partial charge in [-0.3, -0.25) is 0 Å². The molecule has 0 spiro atoms. The van der Waals surface area contributed by atoms with E-state index >= 15 is 0 Å². The van der Waals surface area contributed by atoms with Gasteiger partial charge >= 0.3 is 0 Å². The Kier molecular flexibility index (Phi) is 7.22. The molecule has 0 aromatic carbocycles. The van der Waals surface area contributed by atoms with Crippen LogP contribution in [-0.2, 0) is 0 Å². The number of aliphatic hydroxyl groups excluding tert-OH is 1. The van der Waals surface area contributed by atoms with Gasteiger partial charge in [-0.25, -0.2) is 0 Å². The monoisotopic (exact) mass is 322 g/mol. The zero-order chi connectivity index (χ0) is 15.9.